The van der Waals surface area contributed by atoms with Crippen molar-refractivity contribution in [3.05, 3.63) is 0 Å². The maximum Gasteiger partial charge on any atom is 0.0303 e. The van der Waals surface area contributed by atoms with Crippen molar-refractivity contribution in [1.29, 1.82) is 0 Å². The van der Waals surface area contributed by atoms with Crippen LogP contribution in [0.3, 0.4) is 0 Å². The summed E-state index contributed by atoms with van der Waals surface area (Å²) in [4.78, 5) is 2.63. The van der Waals surface area contributed by atoms with Crippen LogP contribution in [0.1, 0.15) is 73.1 Å². The summed E-state index contributed by atoms with van der Waals surface area (Å²) in [5.74, 6) is 0.821. The highest BCUT2D eigenvalue weighted by atomic mass is 15.2. The van der Waals surface area contributed by atoms with Crippen molar-refractivity contribution in [1.82, 2.24) is 4.90 Å². The Kier molecular flexibility index (Phi) is 9.76. The topological polar surface area (TPSA) is 29.3 Å². The SMILES string of the molecule is CCCCCC(C)(CN)N(CC)CC(CC)CC. The Morgan fingerprint density at radius 3 is 2.06 bits per heavy atom. The zero-order valence-corrected chi connectivity index (χ0v) is 13.5. The van der Waals surface area contributed by atoms with Gasteiger partial charge in [0.2, 0.25) is 0 Å². The standard InChI is InChI=1S/C16H36N2/c1-6-10-11-12-16(5,14-17)18(9-4)13-15(7-2)8-3/h15H,6-14,17H2,1-5H3. The second kappa shape index (κ2) is 9.80. The van der Waals surface area contributed by atoms with Crippen LogP contribution < -0.4 is 5.73 Å². The summed E-state index contributed by atoms with van der Waals surface area (Å²) in [6.45, 7) is 14.6. The van der Waals surface area contributed by atoms with E-state index in [1.807, 2.05) is 0 Å². The van der Waals surface area contributed by atoms with Gasteiger partial charge in [0.1, 0.15) is 0 Å². The van der Waals surface area contributed by atoms with E-state index in [2.05, 4.69) is 39.5 Å². The second-order valence-corrected chi connectivity index (χ2v) is 5.88. The molecule has 1 unspecified atom stereocenters. The lowest BCUT2D eigenvalue weighted by Crippen LogP contribution is -2.53. The maximum absolute atomic E-state index is 6.08. The normalized spacial score (nSPS) is 15.3. The van der Waals surface area contributed by atoms with Gasteiger partial charge in [-0.05, 0) is 25.8 Å². The first-order chi connectivity index (χ1) is 8.57. The first-order valence-corrected chi connectivity index (χ1v) is 8.02. The summed E-state index contributed by atoms with van der Waals surface area (Å²) in [7, 11) is 0. The van der Waals surface area contributed by atoms with E-state index in [4.69, 9.17) is 5.73 Å². The number of hydrogen-bond donors (Lipinski definition) is 1. The van der Waals surface area contributed by atoms with Crippen molar-refractivity contribution >= 4 is 0 Å². The van der Waals surface area contributed by atoms with E-state index in [0.29, 0.717) is 0 Å². The first kappa shape index (κ1) is 17.9. The predicted molar refractivity (Wildman–Crippen MR) is 82.9 cm³/mol. The Bertz CT molecular complexity index is 190. The van der Waals surface area contributed by atoms with E-state index >= 15 is 0 Å². The van der Waals surface area contributed by atoms with Crippen LogP contribution in [0.4, 0.5) is 0 Å². The molecule has 0 aromatic rings. The summed E-state index contributed by atoms with van der Waals surface area (Å²) in [6, 6.07) is 0. The first-order valence-electron chi connectivity index (χ1n) is 8.02. The predicted octanol–water partition coefficient (Wildman–Crippen LogP) is 4.04. The van der Waals surface area contributed by atoms with E-state index in [-0.39, 0.29) is 5.54 Å². The van der Waals surface area contributed by atoms with Gasteiger partial charge in [0.25, 0.3) is 0 Å². The van der Waals surface area contributed by atoms with Crippen LogP contribution in [-0.4, -0.2) is 30.1 Å². The Hall–Kier alpha value is -0.0800. The summed E-state index contributed by atoms with van der Waals surface area (Å²) in [5, 5.41) is 0. The number of hydrogen-bond acceptors (Lipinski definition) is 2. The lowest BCUT2D eigenvalue weighted by atomic mass is 9.90. The molecule has 0 amide bonds. The molecular weight excluding hydrogens is 220 g/mol. The number of nitrogens with two attached hydrogens (primary N) is 1. The van der Waals surface area contributed by atoms with Gasteiger partial charge in [-0.2, -0.15) is 0 Å². The smallest absolute Gasteiger partial charge is 0.0303 e. The molecule has 0 aliphatic heterocycles. The van der Waals surface area contributed by atoms with Gasteiger partial charge in [-0.1, -0.05) is 59.8 Å². The molecule has 2 N–H and O–H groups in total. The van der Waals surface area contributed by atoms with Crippen LogP contribution in [-0.2, 0) is 0 Å². The van der Waals surface area contributed by atoms with Gasteiger partial charge in [0.15, 0.2) is 0 Å². The molecule has 2 heteroatoms. The zero-order valence-electron chi connectivity index (χ0n) is 13.5. The van der Waals surface area contributed by atoms with Gasteiger partial charge in [0, 0.05) is 18.6 Å². The highest BCUT2D eigenvalue weighted by Crippen LogP contribution is 2.24. The fraction of sp³-hybridized carbons (Fsp3) is 1.00. The van der Waals surface area contributed by atoms with Crippen molar-refractivity contribution in [2.75, 3.05) is 19.6 Å². The Labute approximate surface area is 115 Å². The van der Waals surface area contributed by atoms with Gasteiger partial charge in [-0.15, -0.1) is 0 Å². The van der Waals surface area contributed by atoms with E-state index in [9.17, 15) is 0 Å². The molecule has 0 saturated heterocycles. The molecule has 0 spiro atoms. The minimum absolute atomic E-state index is 0.201. The van der Waals surface area contributed by atoms with Gasteiger partial charge < -0.3 is 5.73 Å². The second-order valence-electron chi connectivity index (χ2n) is 5.88. The molecule has 0 aromatic heterocycles. The van der Waals surface area contributed by atoms with Gasteiger partial charge in [0.05, 0.1) is 0 Å². The molecule has 0 fully saturated rings. The van der Waals surface area contributed by atoms with Crippen molar-refractivity contribution in [3.8, 4) is 0 Å². The average molecular weight is 256 g/mol. The fourth-order valence-electron chi connectivity index (χ4n) is 2.73. The van der Waals surface area contributed by atoms with Crippen LogP contribution in [0.25, 0.3) is 0 Å². The molecule has 0 saturated carbocycles. The minimum atomic E-state index is 0.201. The minimum Gasteiger partial charge on any atom is -0.329 e. The average Bonchev–Trinajstić information content (AvgIpc) is 2.40. The molecule has 18 heavy (non-hydrogen) atoms. The van der Waals surface area contributed by atoms with Crippen LogP contribution in [0.5, 0.6) is 0 Å². The molecular formula is C16H36N2. The van der Waals surface area contributed by atoms with E-state index in [1.165, 1.54) is 45.1 Å². The zero-order chi connectivity index (χ0) is 14.0. The Morgan fingerprint density at radius 1 is 1.06 bits per heavy atom. The molecule has 0 aromatic carbocycles. The molecule has 110 valence electrons. The van der Waals surface area contributed by atoms with Crippen LogP contribution >= 0.6 is 0 Å². The molecule has 2 nitrogen and oxygen atoms in total. The van der Waals surface area contributed by atoms with Crippen molar-refractivity contribution < 1.29 is 0 Å². The van der Waals surface area contributed by atoms with Crippen LogP contribution in [0.15, 0.2) is 0 Å². The van der Waals surface area contributed by atoms with E-state index < -0.39 is 0 Å². The molecule has 1 atom stereocenters. The number of nitrogens with zero attached hydrogens (tertiary/aromatic N) is 1. The summed E-state index contributed by atoms with van der Waals surface area (Å²) in [6.07, 6.45) is 7.73. The van der Waals surface area contributed by atoms with Crippen molar-refractivity contribution in [2.45, 2.75) is 78.7 Å². The molecule has 0 rings (SSSR count). The highest BCUT2D eigenvalue weighted by Gasteiger charge is 2.29. The van der Waals surface area contributed by atoms with Crippen LogP contribution in [0.2, 0.25) is 0 Å². The third-order valence-corrected chi connectivity index (χ3v) is 4.54. The summed E-state index contributed by atoms with van der Waals surface area (Å²) >= 11 is 0. The monoisotopic (exact) mass is 256 g/mol. The summed E-state index contributed by atoms with van der Waals surface area (Å²) < 4.78 is 0. The summed E-state index contributed by atoms with van der Waals surface area (Å²) in [5.41, 5.74) is 6.28. The Morgan fingerprint density at radius 2 is 1.67 bits per heavy atom. The molecule has 0 aliphatic carbocycles. The third-order valence-electron chi connectivity index (χ3n) is 4.54. The Balaban J connectivity index is 4.52. The van der Waals surface area contributed by atoms with E-state index in [0.717, 1.165) is 19.0 Å². The molecule has 0 heterocycles. The van der Waals surface area contributed by atoms with Crippen molar-refractivity contribution in [2.24, 2.45) is 11.7 Å². The molecule has 0 radical (unpaired) electrons. The maximum atomic E-state index is 6.08. The molecule has 0 aliphatic rings. The number of rotatable bonds is 11. The fourth-order valence-corrected chi connectivity index (χ4v) is 2.73. The van der Waals surface area contributed by atoms with Gasteiger partial charge >= 0.3 is 0 Å². The van der Waals surface area contributed by atoms with Gasteiger partial charge in [-0.25, -0.2) is 0 Å². The van der Waals surface area contributed by atoms with Gasteiger partial charge in [-0.3, -0.25) is 4.90 Å². The van der Waals surface area contributed by atoms with Crippen molar-refractivity contribution in [3.63, 3.8) is 0 Å². The number of unbranched alkanes of at least 4 members (excludes halogenated alkanes) is 2. The lowest BCUT2D eigenvalue weighted by Gasteiger charge is -2.42. The molecule has 0 bridgehead atoms. The highest BCUT2D eigenvalue weighted by molar-refractivity contribution is 4.87. The lowest BCUT2D eigenvalue weighted by molar-refractivity contribution is 0.0836. The number of likely N-dealkylation sites (N-methyl/N-ethyl adjacent to an activating group) is 1. The largest absolute Gasteiger partial charge is 0.329 e. The van der Waals surface area contributed by atoms with E-state index in [1.54, 1.807) is 0 Å². The van der Waals surface area contributed by atoms with Crippen LogP contribution in [0, 0.1) is 5.92 Å². The quantitative estimate of drug-likeness (QED) is 0.565. The third kappa shape index (κ3) is 5.71.